The maximum Gasteiger partial charge on any atom is 0.264 e. The van der Waals surface area contributed by atoms with Crippen LogP contribution >= 0.6 is 11.3 Å². The summed E-state index contributed by atoms with van der Waals surface area (Å²) in [6.07, 6.45) is 1.42. The molecule has 1 aliphatic rings. The Hall–Kier alpha value is -3.78. The monoisotopic (exact) mass is 445 g/mol. The summed E-state index contributed by atoms with van der Waals surface area (Å²) in [4.78, 5) is 45.8. The van der Waals surface area contributed by atoms with E-state index in [4.69, 9.17) is 4.74 Å². The summed E-state index contributed by atoms with van der Waals surface area (Å²) in [6.45, 7) is 1.79. The summed E-state index contributed by atoms with van der Waals surface area (Å²) >= 11 is 1.47. The molecule has 2 aromatic carbocycles. The van der Waals surface area contributed by atoms with Gasteiger partial charge in [-0.25, -0.2) is 4.98 Å². The first-order valence-corrected chi connectivity index (χ1v) is 10.9. The smallest absolute Gasteiger partial charge is 0.264 e. The van der Waals surface area contributed by atoms with E-state index in [2.05, 4.69) is 4.98 Å². The van der Waals surface area contributed by atoms with Gasteiger partial charge in [-0.2, -0.15) is 0 Å². The molecule has 0 saturated heterocycles. The Bertz CT molecular complexity index is 1440. The molecule has 0 unspecified atom stereocenters. The van der Waals surface area contributed by atoms with Gasteiger partial charge in [-0.3, -0.25) is 19.0 Å². The fourth-order valence-electron chi connectivity index (χ4n) is 3.89. The van der Waals surface area contributed by atoms with Crippen LogP contribution in [0, 0.1) is 6.92 Å². The first-order valence-electron chi connectivity index (χ1n) is 10.0. The summed E-state index contributed by atoms with van der Waals surface area (Å²) in [6, 6.07) is 14.6. The van der Waals surface area contributed by atoms with Crippen LogP contribution in [0.4, 0.5) is 5.69 Å². The molecule has 4 aromatic rings. The first kappa shape index (κ1) is 20.1. The second-order valence-electron chi connectivity index (χ2n) is 7.60. The number of thiophene rings is 1. The number of aryl methyl sites for hydroxylation is 1. The van der Waals surface area contributed by atoms with Crippen LogP contribution in [0.5, 0.6) is 5.75 Å². The molecule has 5 rings (SSSR count). The van der Waals surface area contributed by atoms with Gasteiger partial charge in [0.2, 0.25) is 0 Å². The van der Waals surface area contributed by atoms with E-state index in [1.807, 2.05) is 37.3 Å². The van der Waals surface area contributed by atoms with Crippen LogP contribution in [0.1, 0.15) is 15.2 Å². The van der Waals surface area contributed by atoms with Crippen molar-refractivity contribution in [1.29, 1.82) is 0 Å². The summed E-state index contributed by atoms with van der Waals surface area (Å²) in [5.41, 5.74) is 2.48. The third kappa shape index (κ3) is 3.29. The highest BCUT2D eigenvalue weighted by Gasteiger charge is 2.24. The van der Waals surface area contributed by atoms with E-state index in [0.29, 0.717) is 27.2 Å². The third-order valence-corrected chi connectivity index (χ3v) is 6.61. The van der Waals surface area contributed by atoms with Crippen molar-refractivity contribution in [3.8, 4) is 16.9 Å². The molecule has 8 heteroatoms. The predicted octanol–water partition coefficient (Wildman–Crippen LogP) is 3.67. The number of carbonyl (C=O) groups excluding carboxylic acids is 2. The molecule has 1 aliphatic heterocycles. The van der Waals surface area contributed by atoms with Crippen molar-refractivity contribution in [1.82, 2.24) is 9.55 Å². The van der Waals surface area contributed by atoms with Crippen molar-refractivity contribution >= 4 is 38.9 Å². The number of rotatable bonds is 4. The van der Waals surface area contributed by atoms with Crippen LogP contribution in [0.3, 0.4) is 0 Å². The predicted molar refractivity (Wildman–Crippen MR) is 124 cm³/mol. The number of carbonyl (C=O) groups is 2. The summed E-state index contributed by atoms with van der Waals surface area (Å²) in [5.74, 6) is 0.107. The number of likely N-dealkylation sites (N-methyl/N-ethyl adjacent to an activating group) is 1. The number of fused-ring (bicyclic) bond motifs is 2. The van der Waals surface area contributed by atoms with E-state index < -0.39 is 0 Å². The highest BCUT2D eigenvalue weighted by Crippen LogP contribution is 2.35. The van der Waals surface area contributed by atoms with E-state index >= 15 is 0 Å². The molecule has 0 saturated carbocycles. The molecule has 3 heterocycles. The molecule has 0 N–H and O–H groups in total. The summed E-state index contributed by atoms with van der Waals surface area (Å²) in [7, 11) is 1.64. The van der Waals surface area contributed by atoms with Crippen molar-refractivity contribution in [2.24, 2.45) is 0 Å². The molecule has 2 aromatic heterocycles. The quantitative estimate of drug-likeness (QED) is 0.448. The van der Waals surface area contributed by atoms with Crippen molar-refractivity contribution in [3.05, 3.63) is 75.7 Å². The van der Waals surface area contributed by atoms with Crippen LogP contribution in [0.2, 0.25) is 0 Å². The second kappa shape index (κ2) is 7.72. The number of aromatic nitrogens is 2. The van der Waals surface area contributed by atoms with E-state index in [1.54, 1.807) is 25.2 Å². The van der Waals surface area contributed by atoms with Gasteiger partial charge < -0.3 is 9.64 Å². The Kier molecular flexibility index (Phi) is 4.86. The second-order valence-corrected chi connectivity index (χ2v) is 8.81. The van der Waals surface area contributed by atoms with Crippen molar-refractivity contribution in [2.75, 3.05) is 18.6 Å². The Morgan fingerprint density at radius 1 is 1.16 bits per heavy atom. The van der Waals surface area contributed by atoms with Crippen LogP contribution < -0.4 is 15.2 Å². The van der Waals surface area contributed by atoms with Crippen LogP contribution in [-0.2, 0) is 11.3 Å². The van der Waals surface area contributed by atoms with E-state index in [9.17, 15) is 14.4 Å². The molecule has 0 fully saturated rings. The number of anilines is 1. The number of nitrogens with zero attached hydrogens (tertiary/aromatic N) is 3. The lowest BCUT2D eigenvalue weighted by atomic mass is 10.0. The number of benzene rings is 2. The molecule has 0 atom stereocenters. The maximum atomic E-state index is 13.3. The van der Waals surface area contributed by atoms with Crippen LogP contribution in [-0.4, -0.2) is 34.9 Å². The van der Waals surface area contributed by atoms with Crippen LogP contribution in [0.25, 0.3) is 21.3 Å². The van der Waals surface area contributed by atoms with Crippen molar-refractivity contribution < 1.29 is 14.3 Å². The zero-order valence-corrected chi connectivity index (χ0v) is 18.3. The van der Waals surface area contributed by atoms with Gasteiger partial charge in [0.1, 0.15) is 10.6 Å². The molecule has 0 aliphatic carbocycles. The van der Waals surface area contributed by atoms with E-state index in [0.717, 1.165) is 16.0 Å². The van der Waals surface area contributed by atoms with Gasteiger partial charge >= 0.3 is 0 Å². The lowest BCUT2D eigenvalue weighted by Gasteiger charge is -2.26. The summed E-state index contributed by atoms with van der Waals surface area (Å²) < 4.78 is 6.76. The number of ketones is 1. The lowest BCUT2D eigenvalue weighted by Crippen LogP contribution is -2.35. The average Bonchev–Trinajstić information content (AvgIpc) is 3.15. The largest absolute Gasteiger partial charge is 0.482 e. The standard InChI is InChI=1S/C24H19N3O4S/c1-14-21(15-6-4-3-5-7-15)22-23(32-14)25-13-27(24(22)30)11-18(28)16-8-9-19-17(10-16)26(2)20(29)12-31-19/h3-10,13H,11-12H2,1-2H3. The maximum absolute atomic E-state index is 13.3. The van der Waals surface area contributed by atoms with Gasteiger partial charge in [-0.1, -0.05) is 30.3 Å². The molecule has 160 valence electrons. The molecule has 1 amide bonds. The molecule has 7 nitrogen and oxygen atoms in total. The Labute approximate surface area is 187 Å². The van der Waals surface area contributed by atoms with Gasteiger partial charge in [0.05, 0.1) is 23.9 Å². The highest BCUT2D eigenvalue weighted by atomic mass is 32.1. The van der Waals surface area contributed by atoms with Crippen LogP contribution in [0.15, 0.2) is 59.7 Å². The number of Topliss-reactive ketones (excluding diaryl/α,β-unsaturated/α-hetero) is 1. The van der Waals surface area contributed by atoms with Gasteiger partial charge in [-0.05, 0) is 30.7 Å². The van der Waals surface area contributed by atoms with Crippen molar-refractivity contribution in [2.45, 2.75) is 13.5 Å². The average molecular weight is 446 g/mol. The van der Waals surface area contributed by atoms with Gasteiger partial charge in [-0.15, -0.1) is 11.3 Å². The third-order valence-electron chi connectivity index (χ3n) is 5.60. The fourth-order valence-corrected chi connectivity index (χ4v) is 4.90. The zero-order valence-electron chi connectivity index (χ0n) is 17.5. The lowest BCUT2D eigenvalue weighted by molar-refractivity contribution is -0.120. The number of ether oxygens (including phenoxy) is 1. The zero-order chi connectivity index (χ0) is 22.4. The molecule has 0 radical (unpaired) electrons. The molecule has 0 spiro atoms. The molecule has 0 bridgehead atoms. The Morgan fingerprint density at radius 3 is 2.72 bits per heavy atom. The highest BCUT2D eigenvalue weighted by molar-refractivity contribution is 7.19. The summed E-state index contributed by atoms with van der Waals surface area (Å²) in [5, 5.41) is 0.526. The number of amides is 1. The van der Waals surface area contributed by atoms with Gasteiger partial charge in [0.25, 0.3) is 11.5 Å². The fraction of sp³-hybridized carbons (Fsp3) is 0.167. The minimum Gasteiger partial charge on any atom is -0.482 e. The Balaban J connectivity index is 1.53. The van der Waals surface area contributed by atoms with E-state index in [-0.39, 0.29) is 30.4 Å². The number of hydrogen-bond acceptors (Lipinski definition) is 6. The van der Waals surface area contributed by atoms with Gasteiger partial charge in [0, 0.05) is 23.1 Å². The van der Waals surface area contributed by atoms with E-state index in [1.165, 1.54) is 27.1 Å². The van der Waals surface area contributed by atoms with Crippen molar-refractivity contribution in [3.63, 3.8) is 0 Å². The Morgan fingerprint density at radius 2 is 1.94 bits per heavy atom. The minimum atomic E-state index is -0.254. The topological polar surface area (TPSA) is 81.5 Å². The molecule has 32 heavy (non-hydrogen) atoms. The number of hydrogen-bond donors (Lipinski definition) is 0. The first-order chi connectivity index (χ1) is 15.4. The normalized spacial score (nSPS) is 13.2. The SMILES string of the molecule is Cc1sc2ncn(CC(=O)c3ccc4c(c3)N(C)C(=O)CO4)c(=O)c2c1-c1ccccc1. The minimum absolute atomic E-state index is 0.0261. The van der Waals surface area contributed by atoms with Gasteiger partial charge in [0.15, 0.2) is 12.4 Å². The molecular weight excluding hydrogens is 426 g/mol. The molecular formula is C24H19N3O4S.